The van der Waals surface area contributed by atoms with Crippen molar-refractivity contribution in [3.05, 3.63) is 110 Å². The Labute approximate surface area is 242 Å². The number of carbonyl (C=O) groups is 2. The molecule has 1 saturated heterocycles. The maximum absolute atomic E-state index is 13.7. The molecule has 0 aliphatic carbocycles. The topological polar surface area (TPSA) is 91.3 Å². The fraction of sp³-hybridized carbons (Fsp3) is 0.179. The van der Waals surface area contributed by atoms with Crippen LogP contribution >= 0.6 is 46.3 Å². The summed E-state index contributed by atoms with van der Waals surface area (Å²) in [6.45, 7) is -0.306. The van der Waals surface area contributed by atoms with E-state index in [0.29, 0.717) is 27.0 Å². The van der Waals surface area contributed by atoms with Crippen LogP contribution in [0.2, 0.25) is 10.0 Å². The van der Waals surface area contributed by atoms with Gasteiger partial charge in [0.2, 0.25) is 5.91 Å². The number of nitrogens with zero attached hydrogens (tertiary/aromatic N) is 1. The highest BCUT2D eigenvalue weighted by Gasteiger charge is 2.48. The number of ketones is 1. The largest absolute Gasteiger partial charge is 0.394 e. The number of rotatable bonds is 8. The number of halogens is 3. The summed E-state index contributed by atoms with van der Waals surface area (Å²) in [6, 6.07) is 17.7. The number of pyridine rings is 1. The summed E-state index contributed by atoms with van der Waals surface area (Å²) in [4.78, 5) is 32.4. The molecule has 3 atom stereocenters. The van der Waals surface area contributed by atoms with Gasteiger partial charge in [0.05, 0.1) is 28.4 Å². The van der Waals surface area contributed by atoms with Gasteiger partial charge in [-0.05, 0) is 64.4 Å². The summed E-state index contributed by atoms with van der Waals surface area (Å²) in [5, 5.41) is 19.5. The normalized spacial score (nSPS) is 19.9. The zero-order chi connectivity index (χ0) is 27.6. The first kappa shape index (κ1) is 27.6. The second kappa shape index (κ2) is 11.7. The van der Waals surface area contributed by atoms with Crippen molar-refractivity contribution in [3.63, 3.8) is 0 Å². The Bertz CT molecular complexity index is 1500. The van der Waals surface area contributed by atoms with Crippen molar-refractivity contribution in [2.75, 3.05) is 11.9 Å². The van der Waals surface area contributed by atoms with Crippen LogP contribution in [0.15, 0.2) is 82.4 Å². The lowest BCUT2D eigenvalue weighted by atomic mass is 9.79. The van der Waals surface area contributed by atoms with Gasteiger partial charge in [-0.25, -0.2) is 9.37 Å². The number of Topliss-reactive ketones (excluding diaryl/α,β-unsaturated/α-hetero) is 1. The molecule has 200 valence electrons. The summed E-state index contributed by atoms with van der Waals surface area (Å²) in [6.07, 6.45) is -0.00888. The lowest BCUT2D eigenvalue weighted by Crippen LogP contribution is -2.58. The Kier molecular flexibility index (Phi) is 8.25. The van der Waals surface area contributed by atoms with Gasteiger partial charge in [0, 0.05) is 11.3 Å². The molecule has 2 aromatic carbocycles. The minimum atomic E-state index is -1.18. The number of thiophene rings is 1. The summed E-state index contributed by atoms with van der Waals surface area (Å²) in [5.41, 5.74) is 0.591. The highest BCUT2D eigenvalue weighted by molar-refractivity contribution is 8.01. The monoisotopic (exact) mass is 601 g/mol. The van der Waals surface area contributed by atoms with E-state index in [2.05, 4.69) is 10.6 Å². The van der Waals surface area contributed by atoms with E-state index >= 15 is 0 Å². The average Bonchev–Trinajstić information content (AvgIpc) is 3.48. The number of aliphatic hydroxyl groups excluding tert-OH is 1. The predicted molar refractivity (Wildman–Crippen MR) is 153 cm³/mol. The third-order valence-corrected chi connectivity index (χ3v) is 9.18. The molecule has 4 aromatic rings. The van der Waals surface area contributed by atoms with Crippen LogP contribution in [0.3, 0.4) is 0 Å². The molecular formula is C28H22Cl2FN3O3S2. The summed E-state index contributed by atoms with van der Waals surface area (Å²) >= 11 is 14.8. The molecular weight excluding hydrogens is 580 g/mol. The molecule has 2 aromatic heterocycles. The van der Waals surface area contributed by atoms with Crippen LogP contribution in [0.4, 0.5) is 10.2 Å². The fourth-order valence-electron chi connectivity index (χ4n) is 4.49. The van der Waals surface area contributed by atoms with Crippen LogP contribution < -0.4 is 10.6 Å². The number of aliphatic hydroxyl groups is 1. The number of piperidine rings is 1. The van der Waals surface area contributed by atoms with Crippen LogP contribution in [0.1, 0.15) is 29.3 Å². The van der Waals surface area contributed by atoms with E-state index < -0.39 is 28.6 Å². The molecule has 1 aliphatic rings. The number of nitrogens with one attached hydrogen (secondary N) is 2. The van der Waals surface area contributed by atoms with Gasteiger partial charge in [-0.3, -0.25) is 9.59 Å². The Balaban J connectivity index is 1.46. The fourth-order valence-corrected chi connectivity index (χ4v) is 6.65. The van der Waals surface area contributed by atoms with Gasteiger partial charge in [0.25, 0.3) is 0 Å². The molecule has 1 fully saturated rings. The third-order valence-electron chi connectivity index (χ3n) is 6.44. The summed E-state index contributed by atoms with van der Waals surface area (Å²) in [5.74, 6) is -0.838. The first-order valence-electron chi connectivity index (χ1n) is 11.9. The molecule has 0 spiro atoms. The van der Waals surface area contributed by atoms with E-state index in [0.717, 1.165) is 17.3 Å². The van der Waals surface area contributed by atoms with Crippen LogP contribution in [0, 0.1) is 5.82 Å². The minimum Gasteiger partial charge on any atom is -0.394 e. The Morgan fingerprint density at radius 1 is 1.13 bits per heavy atom. The molecule has 3 N–H and O–H groups in total. The number of amides is 1. The van der Waals surface area contributed by atoms with Gasteiger partial charge >= 0.3 is 0 Å². The van der Waals surface area contributed by atoms with Gasteiger partial charge in [0.1, 0.15) is 22.4 Å². The van der Waals surface area contributed by atoms with E-state index in [1.54, 1.807) is 42.5 Å². The van der Waals surface area contributed by atoms with Crippen LogP contribution in [-0.2, 0) is 15.1 Å². The molecule has 3 heterocycles. The third kappa shape index (κ3) is 5.69. The van der Waals surface area contributed by atoms with Crippen molar-refractivity contribution in [1.82, 2.24) is 10.3 Å². The van der Waals surface area contributed by atoms with Crippen LogP contribution in [-0.4, -0.2) is 33.6 Å². The number of hydrogen-bond donors (Lipinski definition) is 3. The second-order valence-corrected chi connectivity index (χ2v) is 11.7. The number of thioether (sulfide) groups is 1. The molecule has 39 heavy (non-hydrogen) atoms. The van der Waals surface area contributed by atoms with Crippen LogP contribution in [0.5, 0.6) is 0 Å². The van der Waals surface area contributed by atoms with Crippen molar-refractivity contribution in [1.29, 1.82) is 0 Å². The van der Waals surface area contributed by atoms with Gasteiger partial charge in [-0.2, -0.15) is 11.3 Å². The van der Waals surface area contributed by atoms with Crippen molar-refractivity contribution >= 4 is 63.8 Å². The lowest BCUT2D eigenvalue weighted by molar-refractivity contribution is -0.133. The van der Waals surface area contributed by atoms with Crippen LogP contribution in [0.25, 0.3) is 0 Å². The van der Waals surface area contributed by atoms with Crippen molar-refractivity contribution < 1.29 is 19.1 Å². The Morgan fingerprint density at radius 2 is 1.95 bits per heavy atom. The van der Waals surface area contributed by atoms with E-state index in [9.17, 15) is 19.1 Å². The highest BCUT2D eigenvalue weighted by atomic mass is 35.5. The molecule has 1 amide bonds. The zero-order valence-corrected chi connectivity index (χ0v) is 23.4. The SMILES string of the molecule is O=C1CC(c2ccsc2)(c2cccc(NC(CO)c3ccc(F)c(Cl)c3)n2)NC(=O)C1Sc1ccccc1Cl. The standard InChI is InChI=1S/C28H22Cl2FN3O3S2/c29-18-4-1-2-5-23(18)39-26-22(36)13-28(34-27(26)37,17-10-11-38-15-17)24-6-3-7-25(33-24)32-21(14-35)16-8-9-20(31)19(30)12-16/h1-12,15,21,26,35H,13-14H2,(H,32,33)(H,34,37). The maximum atomic E-state index is 13.7. The second-order valence-electron chi connectivity index (χ2n) is 8.94. The smallest absolute Gasteiger partial charge is 0.242 e. The molecule has 11 heteroatoms. The van der Waals surface area contributed by atoms with Gasteiger partial charge < -0.3 is 15.7 Å². The van der Waals surface area contributed by atoms with Crippen molar-refractivity contribution in [3.8, 4) is 0 Å². The molecule has 5 rings (SSSR count). The first-order chi connectivity index (χ1) is 18.8. The molecule has 0 bridgehead atoms. The van der Waals surface area contributed by atoms with E-state index in [4.69, 9.17) is 28.2 Å². The van der Waals surface area contributed by atoms with Gasteiger partial charge in [-0.15, -0.1) is 11.8 Å². The Hall–Kier alpha value is -2.95. The minimum absolute atomic E-state index is 0.00888. The Morgan fingerprint density at radius 3 is 2.64 bits per heavy atom. The van der Waals surface area contributed by atoms with Crippen molar-refractivity contribution in [2.24, 2.45) is 0 Å². The zero-order valence-electron chi connectivity index (χ0n) is 20.2. The molecule has 6 nitrogen and oxygen atoms in total. The van der Waals surface area contributed by atoms with Gasteiger partial charge in [-0.1, -0.05) is 47.5 Å². The van der Waals surface area contributed by atoms with Crippen molar-refractivity contribution in [2.45, 2.75) is 28.1 Å². The summed E-state index contributed by atoms with van der Waals surface area (Å²) in [7, 11) is 0. The number of aromatic nitrogens is 1. The number of carbonyl (C=O) groups excluding carboxylic acids is 2. The highest BCUT2D eigenvalue weighted by Crippen LogP contribution is 2.41. The van der Waals surface area contributed by atoms with E-state index in [1.165, 1.54) is 29.5 Å². The quantitative estimate of drug-likeness (QED) is 0.207. The average molecular weight is 603 g/mol. The molecule has 0 radical (unpaired) electrons. The molecule has 3 unspecified atom stereocenters. The maximum Gasteiger partial charge on any atom is 0.242 e. The molecule has 1 aliphatic heterocycles. The number of anilines is 1. The first-order valence-corrected chi connectivity index (χ1v) is 14.5. The number of benzene rings is 2. The van der Waals surface area contributed by atoms with E-state index in [-0.39, 0.29) is 23.8 Å². The van der Waals surface area contributed by atoms with Gasteiger partial charge in [0.15, 0.2) is 5.78 Å². The molecule has 0 saturated carbocycles. The van der Waals surface area contributed by atoms with E-state index in [1.807, 2.05) is 16.8 Å². The number of hydrogen-bond acceptors (Lipinski definition) is 7. The predicted octanol–water partition coefficient (Wildman–Crippen LogP) is 6.23. The lowest BCUT2D eigenvalue weighted by Gasteiger charge is -2.39. The summed E-state index contributed by atoms with van der Waals surface area (Å²) < 4.78 is 13.7.